The third-order valence-corrected chi connectivity index (χ3v) is 4.11. The van der Waals surface area contributed by atoms with Gasteiger partial charge in [0.1, 0.15) is 5.75 Å². The lowest BCUT2D eigenvalue weighted by atomic mass is 10.0. The maximum Gasteiger partial charge on any atom is 0.223 e. The highest BCUT2D eigenvalue weighted by Gasteiger charge is 2.31. The van der Waals surface area contributed by atoms with Crippen molar-refractivity contribution in [3.05, 3.63) is 42.0 Å². The van der Waals surface area contributed by atoms with E-state index >= 15 is 0 Å². The van der Waals surface area contributed by atoms with E-state index in [1.54, 1.807) is 12.0 Å². The molecule has 1 amide bonds. The van der Waals surface area contributed by atoms with Gasteiger partial charge in [-0.15, -0.1) is 0 Å². The van der Waals surface area contributed by atoms with Crippen LogP contribution in [0.2, 0.25) is 0 Å². The smallest absolute Gasteiger partial charge is 0.223 e. The maximum absolute atomic E-state index is 12.0. The molecule has 0 spiro atoms. The van der Waals surface area contributed by atoms with Crippen LogP contribution < -0.4 is 9.84 Å². The fraction of sp³-hybridized carbons (Fsp3) is 0.294. The summed E-state index contributed by atoms with van der Waals surface area (Å²) in [6.45, 7) is 0.528. The minimum absolute atomic E-state index is 0.00934. The molecule has 0 N–H and O–H groups in total. The first kappa shape index (κ1) is 14.4. The molecular formula is C17H16NO4-. The second-order valence-electron chi connectivity index (χ2n) is 5.46. The minimum Gasteiger partial charge on any atom is -0.550 e. The van der Waals surface area contributed by atoms with E-state index in [4.69, 9.17) is 4.74 Å². The van der Waals surface area contributed by atoms with Gasteiger partial charge in [-0.1, -0.05) is 30.3 Å². The average Bonchev–Trinajstić information content (AvgIpc) is 2.89. The summed E-state index contributed by atoms with van der Waals surface area (Å²) in [5.41, 5.74) is 0.896. The number of carboxylic acid groups (broad SMARTS) is 1. The number of rotatable bonds is 4. The van der Waals surface area contributed by atoms with Crippen molar-refractivity contribution in [3.63, 3.8) is 0 Å². The van der Waals surface area contributed by atoms with Gasteiger partial charge in [0.25, 0.3) is 0 Å². The average molecular weight is 298 g/mol. The molecule has 5 heteroatoms. The standard InChI is InChI=1S/C17H17NO4/c1-22-15-7-6-11-4-2-3-5-13(11)14(15)10-18-9-12(17(20)21)8-16(18)19/h2-7,12H,8-10H2,1H3,(H,20,21)/p-1/t12-/m0/s1. The molecule has 22 heavy (non-hydrogen) atoms. The van der Waals surface area contributed by atoms with Crippen molar-refractivity contribution in [1.82, 2.24) is 4.90 Å². The van der Waals surface area contributed by atoms with Crippen LogP contribution in [-0.4, -0.2) is 30.4 Å². The van der Waals surface area contributed by atoms with E-state index in [1.807, 2.05) is 36.4 Å². The van der Waals surface area contributed by atoms with Crippen molar-refractivity contribution >= 4 is 22.6 Å². The SMILES string of the molecule is COc1ccc2ccccc2c1CN1C[C@@H](C(=O)[O-])CC1=O. The van der Waals surface area contributed by atoms with Crippen molar-refractivity contribution in [2.24, 2.45) is 5.92 Å². The Morgan fingerprint density at radius 1 is 1.32 bits per heavy atom. The summed E-state index contributed by atoms with van der Waals surface area (Å²) in [4.78, 5) is 24.5. The zero-order chi connectivity index (χ0) is 15.7. The molecule has 1 saturated heterocycles. The Bertz CT molecular complexity index is 741. The van der Waals surface area contributed by atoms with E-state index in [-0.39, 0.29) is 18.9 Å². The highest BCUT2D eigenvalue weighted by molar-refractivity contribution is 5.89. The summed E-state index contributed by atoms with van der Waals surface area (Å²) in [5.74, 6) is -1.36. The second kappa shape index (κ2) is 5.67. The van der Waals surface area contributed by atoms with E-state index < -0.39 is 11.9 Å². The fourth-order valence-electron chi connectivity index (χ4n) is 2.94. The Morgan fingerprint density at radius 2 is 2.09 bits per heavy atom. The molecule has 5 nitrogen and oxygen atoms in total. The lowest BCUT2D eigenvalue weighted by Crippen LogP contribution is -2.33. The number of carboxylic acids is 1. The molecule has 1 atom stereocenters. The van der Waals surface area contributed by atoms with Crippen LogP contribution in [0.5, 0.6) is 5.75 Å². The molecule has 1 heterocycles. The molecule has 114 valence electrons. The number of amides is 1. The molecule has 1 fully saturated rings. The normalized spacial score (nSPS) is 18.0. The van der Waals surface area contributed by atoms with Crippen LogP contribution >= 0.6 is 0 Å². The number of methoxy groups -OCH3 is 1. The van der Waals surface area contributed by atoms with E-state index in [9.17, 15) is 14.7 Å². The summed E-state index contributed by atoms with van der Waals surface area (Å²) >= 11 is 0. The van der Waals surface area contributed by atoms with Gasteiger partial charge < -0.3 is 19.5 Å². The number of hydrogen-bond acceptors (Lipinski definition) is 4. The fourth-order valence-corrected chi connectivity index (χ4v) is 2.94. The minimum atomic E-state index is -1.17. The molecule has 0 unspecified atom stereocenters. The van der Waals surface area contributed by atoms with E-state index in [1.165, 1.54) is 0 Å². The van der Waals surface area contributed by atoms with Gasteiger partial charge in [0, 0.05) is 37.0 Å². The Labute approximate surface area is 128 Å². The number of fused-ring (bicyclic) bond motifs is 1. The molecule has 0 saturated carbocycles. The van der Waals surface area contributed by atoms with Gasteiger partial charge in [0.15, 0.2) is 0 Å². The highest BCUT2D eigenvalue weighted by Crippen LogP contribution is 2.31. The molecule has 0 aromatic heterocycles. The number of likely N-dealkylation sites (tertiary alicyclic amines) is 1. The van der Waals surface area contributed by atoms with Gasteiger partial charge in [0.2, 0.25) is 5.91 Å². The van der Waals surface area contributed by atoms with Gasteiger partial charge in [-0.25, -0.2) is 0 Å². The first-order valence-corrected chi connectivity index (χ1v) is 7.13. The first-order chi connectivity index (χ1) is 10.6. The largest absolute Gasteiger partial charge is 0.550 e. The van der Waals surface area contributed by atoms with Crippen LogP contribution in [0.3, 0.4) is 0 Å². The predicted octanol–water partition coefficient (Wildman–Crippen LogP) is 0.947. The van der Waals surface area contributed by atoms with Crippen molar-refractivity contribution in [2.75, 3.05) is 13.7 Å². The number of benzene rings is 2. The molecule has 1 aliphatic heterocycles. The molecule has 2 aromatic carbocycles. The van der Waals surface area contributed by atoms with Gasteiger partial charge in [-0.05, 0) is 16.8 Å². The lowest BCUT2D eigenvalue weighted by Gasteiger charge is -2.20. The van der Waals surface area contributed by atoms with Gasteiger partial charge in [-0.3, -0.25) is 4.79 Å². The van der Waals surface area contributed by atoms with Crippen molar-refractivity contribution in [2.45, 2.75) is 13.0 Å². The van der Waals surface area contributed by atoms with Crippen LogP contribution in [0.25, 0.3) is 10.8 Å². The summed E-state index contributed by atoms with van der Waals surface area (Å²) in [6, 6.07) is 11.7. The topological polar surface area (TPSA) is 69.7 Å². The third-order valence-electron chi connectivity index (χ3n) is 4.11. The zero-order valence-corrected chi connectivity index (χ0v) is 12.2. The van der Waals surface area contributed by atoms with E-state index in [0.717, 1.165) is 16.3 Å². The quantitative estimate of drug-likeness (QED) is 0.842. The van der Waals surface area contributed by atoms with Crippen LogP contribution in [0.15, 0.2) is 36.4 Å². The number of aliphatic carboxylic acids is 1. The molecular weight excluding hydrogens is 282 g/mol. The van der Waals surface area contributed by atoms with Crippen LogP contribution in [0.4, 0.5) is 0 Å². The van der Waals surface area contributed by atoms with Crippen molar-refractivity contribution in [3.8, 4) is 5.75 Å². The molecule has 0 aliphatic carbocycles. The molecule has 0 radical (unpaired) electrons. The number of hydrogen-bond donors (Lipinski definition) is 0. The number of carbonyl (C=O) groups is 2. The van der Waals surface area contributed by atoms with Crippen molar-refractivity contribution < 1.29 is 19.4 Å². The Balaban J connectivity index is 1.96. The highest BCUT2D eigenvalue weighted by atomic mass is 16.5. The number of nitrogens with zero attached hydrogens (tertiary/aromatic N) is 1. The van der Waals surface area contributed by atoms with Crippen molar-refractivity contribution in [1.29, 1.82) is 0 Å². The number of ether oxygens (including phenoxy) is 1. The Kier molecular flexibility index (Phi) is 3.71. The molecule has 1 aliphatic rings. The van der Waals surface area contributed by atoms with E-state index in [2.05, 4.69) is 0 Å². The number of carbonyl (C=O) groups excluding carboxylic acids is 2. The van der Waals surface area contributed by atoms with Crippen LogP contribution in [-0.2, 0) is 16.1 Å². The summed E-state index contributed by atoms with van der Waals surface area (Å²) < 4.78 is 5.41. The molecule has 0 bridgehead atoms. The summed E-state index contributed by atoms with van der Waals surface area (Å²) in [6.07, 6.45) is 0.00934. The Hall–Kier alpha value is -2.56. The van der Waals surface area contributed by atoms with Gasteiger partial charge in [-0.2, -0.15) is 0 Å². The summed E-state index contributed by atoms with van der Waals surface area (Å²) in [5, 5.41) is 13.0. The zero-order valence-electron chi connectivity index (χ0n) is 12.2. The van der Waals surface area contributed by atoms with Crippen LogP contribution in [0, 0.1) is 5.92 Å². The molecule has 2 aromatic rings. The maximum atomic E-state index is 12.0. The summed E-state index contributed by atoms with van der Waals surface area (Å²) in [7, 11) is 1.59. The van der Waals surface area contributed by atoms with Gasteiger partial charge in [0.05, 0.1) is 7.11 Å². The van der Waals surface area contributed by atoms with E-state index in [0.29, 0.717) is 12.3 Å². The predicted molar refractivity (Wildman–Crippen MR) is 79.0 cm³/mol. The molecule has 3 rings (SSSR count). The first-order valence-electron chi connectivity index (χ1n) is 7.13. The second-order valence-corrected chi connectivity index (χ2v) is 5.46. The van der Waals surface area contributed by atoms with Gasteiger partial charge >= 0.3 is 0 Å². The lowest BCUT2D eigenvalue weighted by molar-refractivity contribution is -0.311. The third kappa shape index (κ3) is 2.50. The van der Waals surface area contributed by atoms with Crippen LogP contribution in [0.1, 0.15) is 12.0 Å². The Morgan fingerprint density at radius 3 is 2.77 bits per heavy atom. The monoisotopic (exact) mass is 298 g/mol.